The van der Waals surface area contributed by atoms with Crippen LogP contribution in [0.3, 0.4) is 0 Å². The molecule has 0 unspecified atom stereocenters. The zero-order valence-electron chi connectivity index (χ0n) is 17.6. The third kappa shape index (κ3) is 5.05. The molecule has 5 rings (SSSR count). The van der Waals surface area contributed by atoms with Gasteiger partial charge in [0.15, 0.2) is 5.78 Å². The number of carbonyl (C=O) groups is 1. The quantitative estimate of drug-likeness (QED) is 0.293. The lowest BCUT2D eigenvalue weighted by Crippen LogP contribution is -2.15. The van der Waals surface area contributed by atoms with E-state index in [1.165, 1.54) is 11.3 Å². The highest BCUT2D eigenvalue weighted by molar-refractivity contribution is 7.19. The molecule has 33 heavy (non-hydrogen) atoms. The predicted octanol–water partition coefficient (Wildman–Crippen LogP) is 6.22. The van der Waals surface area contributed by atoms with Crippen LogP contribution in [0.1, 0.15) is 5.56 Å². The molecule has 0 aliphatic rings. The van der Waals surface area contributed by atoms with Gasteiger partial charge in [-0.1, -0.05) is 96.3 Å². The summed E-state index contributed by atoms with van der Waals surface area (Å²) in [4.78, 5) is 18.5. The Kier molecular flexibility index (Phi) is 6.32. The standard InChI is InChI=1S/C26H20N4OS2/c31-22(16-27-26-30-28-17-32-26)15-18-11-13-21(14-12-18)25-29-23(19-7-3-1-4-8-19)24(33-25)20-9-5-2-6-10-20/h1-14,17H,15-16H2,(H,27,30). The Morgan fingerprint density at radius 3 is 2.18 bits per heavy atom. The summed E-state index contributed by atoms with van der Waals surface area (Å²) < 4.78 is 0. The number of nitrogens with one attached hydrogen (secondary N) is 1. The highest BCUT2D eigenvalue weighted by atomic mass is 32.1. The van der Waals surface area contributed by atoms with Gasteiger partial charge in [-0.15, -0.1) is 21.5 Å². The highest BCUT2D eigenvalue weighted by Gasteiger charge is 2.16. The second-order valence-electron chi connectivity index (χ2n) is 7.44. The van der Waals surface area contributed by atoms with Gasteiger partial charge in [0.2, 0.25) is 5.13 Å². The molecule has 0 amide bonds. The number of thiazole rings is 1. The number of benzene rings is 3. The molecule has 162 valence electrons. The minimum Gasteiger partial charge on any atom is -0.353 e. The van der Waals surface area contributed by atoms with Gasteiger partial charge in [-0.05, 0) is 11.1 Å². The van der Waals surface area contributed by atoms with Crippen LogP contribution in [0.25, 0.3) is 32.3 Å². The molecule has 0 spiro atoms. The molecule has 2 heterocycles. The number of carbonyl (C=O) groups excluding carboxylic acids is 1. The van der Waals surface area contributed by atoms with Crippen LogP contribution >= 0.6 is 22.7 Å². The first-order valence-electron chi connectivity index (χ1n) is 10.5. The third-order valence-corrected chi connectivity index (χ3v) is 6.91. The molecule has 3 aromatic carbocycles. The third-order valence-electron chi connectivity index (χ3n) is 5.11. The molecule has 0 aliphatic carbocycles. The zero-order chi connectivity index (χ0) is 22.5. The maximum Gasteiger partial charge on any atom is 0.205 e. The van der Waals surface area contributed by atoms with Gasteiger partial charge in [-0.3, -0.25) is 4.79 Å². The maximum absolute atomic E-state index is 12.3. The van der Waals surface area contributed by atoms with Crippen molar-refractivity contribution in [2.75, 3.05) is 11.9 Å². The molecule has 5 nitrogen and oxygen atoms in total. The van der Waals surface area contributed by atoms with E-state index < -0.39 is 0 Å². The van der Waals surface area contributed by atoms with Gasteiger partial charge >= 0.3 is 0 Å². The second kappa shape index (κ2) is 9.85. The molecule has 0 fully saturated rings. The number of hydrogen-bond donors (Lipinski definition) is 1. The predicted molar refractivity (Wildman–Crippen MR) is 136 cm³/mol. The van der Waals surface area contributed by atoms with Crippen LogP contribution in [0.2, 0.25) is 0 Å². The van der Waals surface area contributed by atoms with E-state index in [1.807, 2.05) is 48.5 Å². The second-order valence-corrected chi connectivity index (χ2v) is 9.27. The van der Waals surface area contributed by atoms with Crippen molar-refractivity contribution >= 4 is 33.6 Å². The van der Waals surface area contributed by atoms with Gasteiger partial charge in [-0.25, -0.2) is 4.98 Å². The topological polar surface area (TPSA) is 67.8 Å². The van der Waals surface area contributed by atoms with Crippen molar-refractivity contribution in [2.45, 2.75) is 6.42 Å². The van der Waals surface area contributed by atoms with Crippen LogP contribution in [0.4, 0.5) is 5.13 Å². The Labute approximate surface area is 199 Å². The zero-order valence-corrected chi connectivity index (χ0v) is 19.3. The number of Topliss-reactive ketones (excluding diaryl/α,β-unsaturated/α-hetero) is 1. The van der Waals surface area contributed by atoms with E-state index in [4.69, 9.17) is 4.98 Å². The van der Waals surface area contributed by atoms with Crippen molar-refractivity contribution in [1.29, 1.82) is 0 Å². The first kappa shape index (κ1) is 21.2. The fourth-order valence-electron chi connectivity index (χ4n) is 3.50. The van der Waals surface area contributed by atoms with Gasteiger partial charge in [0.25, 0.3) is 0 Å². The number of hydrogen-bond acceptors (Lipinski definition) is 7. The fourth-order valence-corrected chi connectivity index (χ4v) is 5.04. The molecular formula is C26H20N4OS2. The van der Waals surface area contributed by atoms with E-state index in [0.29, 0.717) is 11.6 Å². The van der Waals surface area contributed by atoms with Crippen molar-refractivity contribution in [2.24, 2.45) is 0 Å². The van der Waals surface area contributed by atoms with Gasteiger partial charge in [0.1, 0.15) is 10.5 Å². The average molecular weight is 469 g/mol. The number of nitrogens with zero attached hydrogens (tertiary/aromatic N) is 3. The van der Waals surface area contributed by atoms with Crippen molar-refractivity contribution in [3.63, 3.8) is 0 Å². The van der Waals surface area contributed by atoms with E-state index in [-0.39, 0.29) is 12.3 Å². The van der Waals surface area contributed by atoms with Crippen LogP contribution < -0.4 is 5.32 Å². The molecule has 5 aromatic rings. The van der Waals surface area contributed by atoms with Crippen molar-refractivity contribution in [3.8, 4) is 32.3 Å². The normalized spacial score (nSPS) is 10.8. The smallest absolute Gasteiger partial charge is 0.205 e. The lowest BCUT2D eigenvalue weighted by molar-refractivity contribution is -0.116. The van der Waals surface area contributed by atoms with Crippen molar-refractivity contribution in [1.82, 2.24) is 15.2 Å². The molecular weight excluding hydrogens is 448 g/mol. The van der Waals surface area contributed by atoms with Gasteiger partial charge in [0, 0.05) is 17.5 Å². The SMILES string of the molecule is O=C(CNc1nncs1)Cc1ccc(-c2nc(-c3ccccc3)c(-c3ccccc3)s2)cc1. The Bertz CT molecular complexity index is 1280. The number of ketones is 1. The summed E-state index contributed by atoms with van der Waals surface area (Å²) >= 11 is 3.07. The van der Waals surface area contributed by atoms with Crippen LogP contribution in [-0.2, 0) is 11.2 Å². The Morgan fingerprint density at radius 1 is 0.818 bits per heavy atom. The summed E-state index contributed by atoms with van der Waals surface area (Å²) in [5, 5.41) is 12.3. The summed E-state index contributed by atoms with van der Waals surface area (Å²) in [6, 6.07) is 28.7. The Hall–Kier alpha value is -3.68. The van der Waals surface area contributed by atoms with Gasteiger partial charge in [-0.2, -0.15) is 0 Å². The van der Waals surface area contributed by atoms with Crippen LogP contribution in [0, 0.1) is 0 Å². The van der Waals surface area contributed by atoms with E-state index in [0.717, 1.165) is 37.8 Å². The average Bonchev–Trinajstić information content (AvgIpc) is 3.55. The largest absolute Gasteiger partial charge is 0.353 e. The van der Waals surface area contributed by atoms with Crippen molar-refractivity contribution in [3.05, 3.63) is 96.0 Å². The number of aromatic nitrogens is 3. The molecule has 7 heteroatoms. The first-order valence-corrected chi connectivity index (χ1v) is 12.2. The molecule has 2 aromatic heterocycles. The van der Waals surface area contributed by atoms with Gasteiger partial charge in [0.05, 0.1) is 17.1 Å². The van der Waals surface area contributed by atoms with Crippen LogP contribution in [-0.4, -0.2) is 27.5 Å². The highest BCUT2D eigenvalue weighted by Crippen LogP contribution is 2.40. The monoisotopic (exact) mass is 468 g/mol. The minimum atomic E-state index is 0.102. The Morgan fingerprint density at radius 2 is 1.52 bits per heavy atom. The van der Waals surface area contributed by atoms with Gasteiger partial charge < -0.3 is 5.32 Å². The fraction of sp³-hybridized carbons (Fsp3) is 0.0769. The molecule has 0 radical (unpaired) electrons. The molecule has 0 atom stereocenters. The number of rotatable bonds is 8. The Balaban J connectivity index is 1.37. The number of anilines is 1. The molecule has 1 N–H and O–H groups in total. The lowest BCUT2D eigenvalue weighted by atomic mass is 10.1. The van der Waals surface area contributed by atoms with E-state index in [2.05, 4.69) is 51.9 Å². The van der Waals surface area contributed by atoms with E-state index in [1.54, 1.807) is 16.8 Å². The summed E-state index contributed by atoms with van der Waals surface area (Å²) in [7, 11) is 0. The summed E-state index contributed by atoms with van der Waals surface area (Å²) in [5.74, 6) is 0.102. The summed E-state index contributed by atoms with van der Waals surface area (Å²) in [6.07, 6.45) is 0.370. The van der Waals surface area contributed by atoms with Crippen molar-refractivity contribution < 1.29 is 4.79 Å². The summed E-state index contributed by atoms with van der Waals surface area (Å²) in [5.41, 5.74) is 6.91. The first-order chi connectivity index (χ1) is 16.3. The van der Waals surface area contributed by atoms with Crippen LogP contribution in [0.15, 0.2) is 90.4 Å². The summed E-state index contributed by atoms with van der Waals surface area (Å²) in [6.45, 7) is 0.240. The molecule has 0 saturated heterocycles. The van der Waals surface area contributed by atoms with Crippen LogP contribution in [0.5, 0.6) is 0 Å². The van der Waals surface area contributed by atoms with E-state index in [9.17, 15) is 4.79 Å². The molecule has 0 bridgehead atoms. The van der Waals surface area contributed by atoms with E-state index >= 15 is 0 Å². The molecule has 0 aliphatic heterocycles. The molecule has 0 saturated carbocycles. The maximum atomic E-state index is 12.3. The minimum absolute atomic E-state index is 0.102. The lowest BCUT2D eigenvalue weighted by Gasteiger charge is -2.03.